The summed E-state index contributed by atoms with van der Waals surface area (Å²) in [6.45, 7) is 0. The SMILES string of the molecule is O=c1c2ccccc2cnn1-c1ccccc1. The lowest BCUT2D eigenvalue weighted by molar-refractivity contribution is 0.821. The molecule has 2 aromatic carbocycles. The quantitative estimate of drug-likeness (QED) is 0.633. The van der Waals surface area contributed by atoms with E-state index in [1.54, 1.807) is 6.20 Å². The highest BCUT2D eigenvalue weighted by molar-refractivity contribution is 5.80. The molecule has 0 saturated heterocycles. The Kier molecular flexibility index (Phi) is 2.22. The lowest BCUT2D eigenvalue weighted by Crippen LogP contribution is -2.20. The molecule has 17 heavy (non-hydrogen) atoms. The molecule has 0 aliphatic carbocycles. The maximum absolute atomic E-state index is 12.2. The summed E-state index contributed by atoms with van der Waals surface area (Å²) in [6, 6.07) is 16.9. The fraction of sp³-hybridized carbons (Fsp3) is 0. The van der Waals surface area contributed by atoms with Gasteiger partial charge in [0.15, 0.2) is 0 Å². The highest BCUT2D eigenvalue weighted by atomic mass is 16.1. The van der Waals surface area contributed by atoms with Crippen molar-refractivity contribution < 1.29 is 0 Å². The zero-order chi connectivity index (χ0) is 11.7. The average molecular weight is 222 g/mol. The monoisotopic (exact) mass is 222 g/mol. The maximum Gasteiger partial charge on any atom is 0.279 e. The molecule has 3 aromatic rings. The number of rotatable bonds is 1. The van der Waals surface area contributed by atoms with E-state index >= 15 is 0 Å². The second-order valence-electron chi connectivity index (χ2n) is 3.78. The number of fused-ring (bicyclic) bond motifs is 1. The van der Waals surface area contributed by atoms with Gasteiger partial charge in [-0.15, -0.1) is 0 Å². The van der Waals surface area contributed by atoms with Crippen molar-refractivity contribution in [2.75, 3.05) is 0 Å². The Balaban J connectivity index is 2.33. The summed E-state index contributed by atoms with van der Waals surface area (Å²) < 4.78 is 1.42. The normalized spacial score (nSPS) is 10.6. The molecule has 3 rings (SSSR count). The number of hydrogen-bond donors (Lipinski definition) is 0. The van der Waals surface area contributed by atoms with E-state index in [2.05, 4.69) is 5.10 Å². The van der Waals surface area contributed by atoms with Gasteiger partial charge in [0.2, 0.25) is 0 Å². The van der Waals surface area contributed by atoms with Gasteiger partial charge in [0.1, 0.15) is 0 Å². The molecule has 1 aromatic heterocycles. The molecule has 1 heterocycles. The minimum Gasteiger partial charge on any atom is -0.267 e. The number of nitrogens with zero attached hydrogens (tertiary/aromatic N) is 2. The van der Waals surface area contributed by atoms with E-state index in [9.17, 15) is 4.79 Å². The minimum atomic E-state index is -0.0886. The van der Waals surface area contributed by atoms with Crippen molar-refractivity contribution in [3.05, 3.63) is 71.1 Å². The highest BCUT2D eigenvalue weighted by Gasteiger charge is 2.04. The summed E-state index contributed by atoms with van der Waals surface area (Å²) in [5, 5.41) is 5.73. The van der Waals surface area contributed by atoms with Crippen LogP contribution in [0.3, 0.4) is 0 Å². The first kappa shape index (κ1) is 9.78. The summed E-state index contributed by atoms with van der Waals surface area (Å²) in [5.41, 5.74) is 0.692. The maximum atomic E-state index is 12.2. The molecule has 0 bridgehead atoms. The third kappa shape index (κ3) is 1.61. The molecule has 0 fully saturated rings. The Labute approximate surface area is 97.9 Å². The van der Waals surface area contributed by atoms with Crippen molar-refractivity contribution in [2.45, 2.75) is 0 Å². The Morgan fingerprint density at radius 1 is 0.882 bits per heavy atom. The van der Waals surface area contributed by atoms with E-state index in [1.165, 1.54) is 4.68 Å². The van der Waals surface area contributed by atoms with Crippen molar-refractivity contribution in [3.63, 3.8) is 0 Å². The molecule has 0 atom stereocenters. The van der Waals surface area contributed by atoms with Gasteiger partial charge in [0.25, 0.3) is 5.56 Å². The van der Waals surface area contributed by atoms with E-state index < -0.39 is 0 Å². The Morgan fingerprint density at radius 3 is 2.41 bits per heavy atom. The van der Waals surface area contributed by atoms with E-state index in [0.717, 1.165) is 11.1 Å². The van der Waals surface area contributed by atoms with Gasteiger partial charge in [-0.3, -0.25) is 4.79 Å². The van der Waals surface area contributed by atoms with Gasteiger partial charge in [-0.1, -0.05) is 36.4 Å². The van der Waals surface area contributed by atoms with Crippen molar-refractivity contribution in [3.8, 4) is 5.69 Å². The molecular weight excluding hydrogens is 212 g/mol. The minimum absolute atomic E-state index is 0.0886. The molecule has 0 amide bonds. The van der Waals surface area contributed by atoms with E-state index in [0.29, 0.717) is 5.39 Å². The number of benzene rings is 2. The Hall–Kier alpha value is -2.42. The summed E-state index contributed by atoms with van der Waals surface area (Å²) in [4.78, 5) is 12.2. The fourth-order valence-electron chi connectivity index (χ4n) is 1.84. The van der Waals surface area contributed by atoms with E-state index in [1.807, 2.05) is 54.6 Å². The van der Waals surface area contributed by atoms with Crippen LogP contribution in [0.5, 0.6) is 0 Å². The Morgan fingerprint density at radius 2 is 1.59 bits per heavy atom. The molecule has 0 saturated carbocycles. The van der Waals surface area contributed by atoms with Crippen LogP contribution in [0.4, 0.5) is 0 Å². The zero-order valence-electron chi connectivity index (χ0n) is 9.08. The third-order valence-electron chi connectivity index (χ3n) is 2.70. The van der Waals surface area contributed by atoms with Gasteiger partial charge < -0.3 is 0 Å². The fourth-order valence-corrected chi connectivity index (χ4v) is 1.84. The van der Waals surface area contributed by atoms with Crippen molar-refractivity contribution >= 4 is 10.8 Å². The van der Waals surface area contributed by atoms with Crippen molar-refractivity contribution in [1.82, 2.24) is 9.78 Å². The van der Waals surface area contributed by atoms with E-state index in [4.69, 9.17) is 0 Å². The van der Waals surface area contributed by atoms with E-state index in [-0.39, 0.29) is 5.56 Å². The van der Waals surface area contributed by atoms with Crippen LogP contribution in [0.15, 0.2) is 65.6 Å². The van der Waals surface area contributed by atoms with Crippen molar-refractivity contribution in [1.29, 1.82) is 0 Å². The first-order chi connectivity index (χ1) is 8.36. The van der Waals surface area contributed by atoms with Crippen LogP contribution in [-0.2, 0) is 0 Å². The van der Waals surface area contributed by atoms with Gasteiger partial charge >= 0.3 is 0 Å². The van der Waals surface area contributed by atoms with Gasteiger partial charge in [0, 0.05) is 5.39 Å². The standard InChI is InChI=1S/C14H10N2O/c17-14-13-9-5-4-6-11(13)10-15-16(14)12-7-2-1-3-8-12/h1-10H. The van der Waals surface area contributed by atoms with Gasteiger partial charge in [-0.2, -0.15) is 9.78 Å². The third-order valence-corrected chi connectivity index (χ3v) is 2.70. The largest absolute Gasteiger partial charge is 0.279 e. The van der Waals surface area contributed by atoms with Crippen LogP contribution in [0.25, 0.3) is 16.5 Å². The summed E-state index contributed by atoms with van der Waals surface area (Å²) >= 11 is 0. The molecule has 0 unspecified atom stereocenters. The predicted octanol–water partition coefficient (Wildman–Crippen LogP) is 2.39. The first-order valence-corrected chi connectivity index (χ1v) is 5.39. The molecule has 0 spiro atoms. The number of aromatic nitrogens is 2. The van der Waals surface area contributed by atoms with Crippen LogP contribution in [0.1, 0.15) is 0 Å². The van der Waals surface area contributed by atoms with Crippen LogP contribution < -0.4 is 5.56 Å². The van der Waals surface area contributed by atoms with Crippen LogP contribution in [0, 0.1) is 0 Å². The molecule has 82 valence electrons. The van der Waals surface area contributed by atoms with Gasteiger partial charge in [-0.25, -0.2) is 0 Å². The molecule has 3 nitrogen and oxygen atoms in total. The molecule has 0 aliphatic heterocycles. The second kappa shape index (κ2) is 3.87. The summed E-state index contributed by atoms with van der Waals surface area (Å²) in [7, 11) is 0. The smallest absolute Gasteiger partial charge is 0.267 e. The topological polar surface area (TPSA) is 34.9 Å². The lowest BCUT2D eigenvalue weighted by Gasteiger charge is -2.04. The second-order valence-corrected chi connectivity index (χ2v) is 3.78. The van der Waals surface area contributed by atoms with Crippen LogP contribution in [0.2, 0.25) is 0 Å². The van der Waals surface area contributed by atoms with Gasteiger partial charge in [0.05, 0.1) is 17.3 Å². The van der Waals surface area contributed by atoms with Gasteiger partial charge in [-0.05, 0) is 18.2 Å². The molecule has 0 N–H and O–H groups in total. The van der Waals surface area contributed by atoms with Crippen LogP contribution >= 0.6 is 0 Å². The zero-order valence-corrected chi connectivity index (χ0v) is 9.08. The predicted molar refractivity (Wildman–Crippen MR) is 67.3 cm³/mol. The number of hydrogen-bond acceptors (Lipinski definition) is 2. The first-order valence-electron chi connectivity index (χ1n) is 5.39. The average Bonchev–Trinajstić information content (AvgIpc) is 2.40. The summed E-state index contributed by atoms with van der Waals surface area (Å²) in [6.07, 6.45) is 1.71. The summed E-state index contributed by atoms with van der Waals surface area (Å²) in [5.74, 6) is 0. The van der Waals surface area contributed by atoms with Crippen molar-refractivity contribution in [2.24, 2.45) is 0 Å². The molecule has 0 radical (unpaired) electrons. The molecular formula is C14H10N2O. The number of para-hydroxylation sites is 1. The lowest BCUT2D eigenvalue weighted by atomic mass is 10.2. The highest BCUT2D eigenvalue weighted by Crippen LogP contribution is 2.09. The molecule has 0 aliphatic rings. The Bertz CT molecular complexity index is 717. The molecule has 3 heteroatoms. The van der Waals surface area contributed by atoms with Crippen LogP contribution in [-0.4, -0.2) is 9.78 Å².